The summed E-state index contributed by atoms with van der Waals surface area (Å²) in [5.74, 6) is -0.216. The summed E-state index contributed by atoms with van der Waals surface area (Å²) < 4.78 is 32.4. The Morgan fingerprint density at radius 2 is 1.86 bits per heavy atom. The van der Waals surface area contributed by atoms with Gasteiger partial charge < -0.3 is 9.84 Å². The summed E-state index contributed by atoms with van der Waals surface area (Å²) >= 11 is 11.6. The Morgan fingerprint density at radius 1 is 1.18 bits per heavy atom. The van der Waals surface area contributed by atoms with Crippen molar-refractivity contribution in [2.45, 2.75) is 11.8 Å². The molecule has 0 saturated heterocycles. The Hall–Kier alpha value is -1.63. The topological polar surface area (TPSA) is 75.6 Å². The van der Waals surface area contributed by atoms with Gasteiger partial charge >= 0.3 is 0 Å². The third-order valence-corrected chi connectivity index (χ3v) is 4.77. The van der Waals surface area contributed by atoms with Crippen LogP contribution in [0.3, 0.4) is 0 Å². The monoisotopic (exact) mass is 361 g/mol. The standard InChI is InChI=1S/C14H13Cl2NO4S/c1-8-3-4-12(21-2)11(5-8)17-22(19,20)13-7-9(15)6-10(16)14(13)18/h3-7,17-18H,1-2H3. The zero-order chi connectivity index (χ0) is 16.5. The molecule has 0 aliphatic rings. The number of rotatable bonds is 4. The number of anilines is 1. The first-order chi connectivity index (χ1) is 10.2. The highest BCUT2D eigenvalue weighted by atomic mass is 35.5. The minimum atomic E-state index is -4.09. The smallest absolute Gasteiger partial charge is 0.265 e. The number of methoxy groups -OCH3 is 1. The maximum atomic E-state index is 12.5. The summed E-state index contributed by atoms with van der Waals surface area (Å²) in [4.78, 5) is -0.409. The molecular weight excluding hydrogens is 349 g/mol. The molecule has 0 aliphatic heterocycles. The number of halogens is 2. The SMILES string of the molecule is COc1ccc(C)cc1NS(=O)(=O)c1cc(Cl)cc(Cl)c1O. The molecule has 118 valence electrons. The molecule has 8 heteroatoms. The fourth-order valence-corrected chi connectivity index (χ4v) is 3.67. The molecule has 0 spiro atoms. The summed E-state index contributed by atoms with van der Waals surface area (Å²) in [7, 11) is -2.66. The van der Waals surface area contributed by atoms with E-state index in [1.165, 1.54) is 13.2 Å². The van der Waals surface area contributed by atoms with Gasteiger partial charge in [0.15, 0.2) is 5.75 Å². The fourth-order valence-electron chi connectivity index (χ4n) is 1.85. The van der Waals surface area contributed by atoms with E-state index in [0.29, 0.717) is 5.75 Å². The van der Waals surface area contributed by atoms with Crippen LogP contribution < -0.4 is 9.46 Å². The van der Waals surface area contributed by atoms with Crippen LogP contribution in [0.1, 0.15) is 5.56 Å². The first kappa shape index (κ1) is 16.7. The van der Waals surface area contributed by atoms with Gasteiger partial charge in [0.2, 0.25) is 0 Å². The van der Waals surface area contributed by atoms with Crippen LogP contribution in [0.2, 0.25) is 10.0 Å². The Morgan fingerprint density at radius 3 is 2.50 bits per heavy atom. The van der Waals surface area contributed by atoms with E-state index in [1.54, 1.807) is 18.2 Å². The van der Waals surface area contributed by atoms with E-state index in [9.17, 15) is 13.5 Å². The zero-order valence-corrected chi connectivity index (χ0v) is 14.1. The minimum Gasteiger partial charge on any atom is -0.505 e. The summed E-state index contributed by atoms with van der Waals surface area (Å²) in [6.45, 7) is 1.81. The summed E-state index contributed by atoms with van der Waals surface area (Å²) in [6.07, 6.45) is 0. The largest absolute Gasteiger partial charge is 0.505 e. The Balaban J connectivity index is 2.51. The van der Waals surface area contributed by atoms with E-state index in [0.717, 1.165) is 11.6 Å². The average molecular weight is 362 g/mol. The van der Waals surface area contributed by atoms with Gasteiger partial charge in [0, 0.05) is 5.02 Å². The highest BCUT2D eigenvalue weighted by Gasteiger charge is 2.23. The van der Waals surface area contributed by atoms with E-state index < -0.39 is 20.7 Å². The number of aromatic hydroxyl groups is 1. The maximum absolute atomic E-state index is 12.5. The Bertz CT molecular complexity index is 822. The fraction of sp³-hybridized carbons (Fsp3) is 0.143. The van der Waals surface area contributed by atoms with Crippen molar-refractivity contribution in [3.05, 3.63) is 45.9 Å². The lowest BCUT2D eigenvalue weighted by molar-refractivity contribution is 0.416. The lowest BCUT2D eigenvalue weighted by Crippen LogP contribution is -2.14. The van der Waals surface area contributed by atoms with Gasteiger partial charge in [-0.05, 0) is 36.8 Å². The quantitative estimate of drug-likeness (QED) is 0.867. The van der Waals surface area contributed by atoms with Crippen molar-refractivity contribution in [3.63, 3.8) is 0 Å². The van der Waals surface area contributed by atoms with Gasteiger partial charge in [0.1, 0.15) is 10.6 Å². The molecular formula is C14H13Cl2NO4S. The number of hydrogen-bond acceptors (Lipinski definition) is 4. The number of aryl methyl sites for hydroxylation is 1. The summed E-state index contributed by atoms with van der Waals surface area (Å²) in [6, 6.07) is 7.40. The van der Waals surface area contributed by atoms with E-state index in [4.69, 9.17) is 27.9 Å². The number of hydrogen-bond donors (Lipinski definition) is 2. The zero-order valence-electron chi connectivity index (χ0n) is 11.7. The van der Waals surface area contributed by atoms with E-state index in [-0.39, 0.29) is 15.7 Å². The van der Waals surface area contributed by atoms with E-state index in [2.05, 4.69) is 4.72 Å². The normalized spacial score (nSPS) is 11.3. The molecule has 2 rings (SSSR count). The molecule has 0 aromatic heterocycles. The molecule has 2 N–H and O–H groups in total. The molecule has 0 atom stereocenters. The van der Waals surface area contributed by atoms with Crippen molar-refractivity contribution in [3.8, 4) is 11.5 Å². The predicted octanol–water partition coefficient (Wildman–Crippen LogP) is 3.82. The van der Waals surface area contributed by atoms with Crippen LogP contribution in [0.5, 0.6) is 11.5 Å². The van der Waals surface area contributed by atoms with Crippen LogP contribution in [0.15, 0.2) is 35.2 Å². The van der Waals surface area contributed by atoms with Gasteiger partial charge in [-0.3, -0.25) is 4.72 Å². The summed E-state index contributed by atoms with van der Waals surface area (Å²) in [5, 5.41) is 9.82. The highest BCUT2D eigenvalue weighted by molar-refractivity contribution is 7.92. The lowest BCUT2D eigenvalue weighted by atomic mass is 10.2. The molecule has 2 aromatic rings. The number of sulfonamides is 1. The molecule has 0 heterocycles. The Labute approximate surface area is 138 Å². The van der Waals surface area contributed by atoms with Crippen LogP contribution in [0, 0.1) is 6.92 Å². The van der Waals surface area contributed by atoms with Crippen molar-refractivity contribution >= 4 is 38.9 Å². The predicted molar refractivity (Wildman–Crippen MR) is 86.7 cm³/mol. The molecule has 0 fully saturated rings. The second kappa shape index (κ2) is 6.24. The first-order valence-corrected chi connectivity index (χ1v) is 8.34. The van der Waals surface area contributed by atoms with Crippen molar-refractivity contribution in [1.29, 1.82) is 0 Å². The van der Waals surface area contributed by atoms with E-state index >= 15 is 0 Å². The van der Waals surface area contributed by atoms with Crippen LogP contribution in [-0.2, 0) is 10.0 Å². The van der Waals surface area contributed by atoms with Crippen LogP contribution >= 0.6 is 23.2 Å². The van der Waals surface area contributed by atoms with Gasteiger partial charge in [0.05, 0.1) is 17.8 Å². The van der Waals surface area contributed by atoms with Crippen molar-refractivity contribution < 1.29 is 18.3 Å². The summed E-state index contributed by atoms with van der Waals surface area (Å²) in [5.41, 5.74) is 1.09. The van der Waals surface area contributed by atoms with Crippen LogP contribution in [0.25, 0.3) is 0 Å². The maximum Gasteiger partial charge on any atom is 0.265 e. The molecule has 22 heavy (non-hydrogen) atoms. The number of nitrogens with one attached hydrogen (secondary N) is 1. The average Bonchev–Trinajstić information content (AvgIpc) is 2.42. The van der Waals surface area contributed by atoms with Gasteiger partial charge in [-0.1, -0.05) is 29.3 Å². The van der Waals surface area contributed by atoms with Gasteiger partial charge in [0.25, 0.3) is 10.0 Å². The third-order valence-electron chi connectivity index (χ3n) is 2.88. The molecule has 2 aromatic carbocycles. The second-order valence-corrected chi connectivity index (χ2v) is 7.04. The van der Waals surface area contributed by atoms with Crippen molar-refractivity contribution in [2.24, 2.45) is 0 Å². The number of phenolic OH excluding ortho intramolecular Hbond substituents is 1. The van der Waals surface area contributed by atoms with Crippen molar-refractivity contribution in [2.75, 3.05) is 11.8 Å². The van der Waals surface area contributed by atoms with Gasteiger partial charge in [-0.25, -0.2) is 8.42 Å². The molecule has 0 aliphatic carbocycles. The van der Waals surface area contributed by atoms with Crippen LogP contribution in [0.4, 0.5) is 5.69 Å². The number of benzene rings is 2. The molecule has 0 radical (unpaired) electrons. The molecule has 5 nitrogen and oxygen atoms in total. The molecule has 0 bridgehead atoms. The lowest BCUT2D eigenvalue weighted by Gasteiger charge is -2.14. The van der Waals surface area contributed by atoms with Gasteiger partial charge in [-0.2, -0.15) is 0 Å². The molecule has 0 saturated carbocycles. The number of phenols is 1. The number of ether oxygens (including phenoxy) is 1. The van der Waals surface area contributed by atoms with Crippen molar-refractivity contribution in [1.82, 2.24) is 0 Å². The minimum absolute atomic E-state index is 0.0967. The van der Waals surface area contributed by atoms with Gasteiger partial charge in [-0.15, -0.1) is 0 Å². The Kier molecular flexibility index (Phi) is 4.75. The highest BCUT2D eigenvalue weighted by Crippen LogP contribution is 2.36. The van der Waals surface area contributed by atoms with E-state index in [1.807, 2.05) is 6.92 Å². The third kappa shape index (κ3) is 3.40. The first-order valence-electron chi connectivity index (χ1n) is 6.10. The van der Waals surface area contributed by atoms with Crippen LogP contribution in [-0.4, -0.2) is 20.6 Å². The second-order valence-electron chi connectivity index (χ2n) is 4.54. The molecule has 0 amide bonds. The molecule has 0 unspecified atom stereocenters.